The van der Waals surface area contributed by atoms with E-state index < -0.39 is 0 Å². The Bertz CT molecular complexity index is 2620. The molecular formula is C46H34OS. The van der Waals surface area contributed by atoms with E-state index in [1.54, 1.807) is 11.1 Å². The van der Waals surface area contributed by atoms with E-state index in [2.05, 4.69) is 121 Å². The number of fused-ring (bicyclic) bond motifs is 9. The van der Waals surface area contributed by atoms with Crippen LogP contribution in [0.4, 0.5) is 0 Å². The fourth-order valence-electron chi connectivity index (χ4n) is 11.6. The molecule has 230 valence electrons. The third-order valence-electron chi connectivity index (χ3n) is 13.1. The Labute approximate surface area is 283 Å². The van der Waals surface area contributed by atoms with Crippen LogP contribution in [0.1, 0.15) is 43.2 Å². The van der Waals surface area contributed by atoms with Crippen LogP contribution in [0.15, 0.2) is 126 Å². The van der Waals surface area contributed by atoms with Crippen molar-refractivity contribution in [2.75, 3.05) is 0 Å². The molecule has 13 rings (SSSR count). The van der Waals surface area contributed by atoms with Gasteiger partial charge in [-0.2, -0.15) is 0 Å². The molecule has 8 aromatic rings. The Kier molecular flexibility index (Phi) is 5.08. The van der Waals surface area contributed by atoms with Crippen LogP contribution in [0, 0.1) is 23.7 Å². The lowest BCUT2D eigenvalue weighted by Gasteiger charge is -2.61. The highest BCUT2D eigenvalue weighted by atomic mass is 32.1. The molecule has 5 aliphatic carbocycles. The minimum absolute atomic E-state index is 0.196. The molecule has 0 N–H and O–H groups in total. The average molecular weight is 635 g/mol. The molecule has 4 saturated carbocycles. The van der Waals surface area contributed by atoms with Gasteiger partial charge in [0.2, 0.25) is 0 Å². The summed E-state index contributed by atoms with van der Waals surface area (Å²) in [6.45, 7) is 0. The lowest BCUT2D eigenvalue weighted by atomic mass is 9.43. The van der Waals surface area contributed by atoms with Gasteiger partial charge in [-0.1, -0.05) is 103 Å². The summed E-state index contributed by atoms with van der Waals surface area (Å²) in [5.74, 6) is 3.47. The summed E-state index contributed by atoms with van der Waals surface area (Å²) in [5, 5.41) is 5.03. The number of thiophene rings is 1. The van der Waals surface area contributed by atoms with E-state index in [-0.39, 0.29) is 5.41 Å². The zero-order chi connectivity index (χ0) is 31.1. The first-order valence-corrected chi connectivity index (χ1v) is 18.7. The summed E-state index contributed by atoms with van der Waals surface area (Å²) in [5.41, 5.74) is 13.5. The number of furan rings is 1. The molecule has 0 amide bonds. The molecular weight excluding hydrogens is 601 g/mol. The van der Waals surface area contributed by atoms with Crippen molar-refractivity contribution < 1.29 is 4.42 Å². The third kappa shape index (κ3) is 3.23. The van der Waals surface area contributed by atoms with Crippen molar-refractivity contribution >= 4 is 53.4 Å². The van der Waals surface area contributed by atoms with Crippen molar-refractivity contribution in [3.8, 4) is 33.4 Å². The van der Waals surface area contributed by atoms with Crippen molar-refractivity contribution in [1.82, 2.24) is 0 Å². The molecule has 4 fully saturated rings. The van der Waals surface area contributed by atoms with Crippen LogP contribution < -0.4 is 0 Å². The molecule has 4 bridgehead atoms. The molecule has 48 heavy (non-hydrogen) atoms. The van der Waals surface area contributed by atoms with E-state index in [4.69, 9.17) is 4.42 Å². The van der Waals surface area contributed by atoms with Gasteiger partial charge in [0.1, 0.15) is 11.2 Å². The van der Waals surface area contributed by atoms with Gasteiger partial charge in [0, 0.05) is 47.5 Å². The quantitative estimate of drug-likeness (QED) is 0.184. The molecule has 1 spiro atoms. The standard InChI is InChI=1S/C46H34OS/c1-3-15-39-37(9-1)43-31(10-7-16-40(43)46(39)29-21-26-20-27(23-29)24-30(46)22-26)28-18-19-42-38(25-28)36-14-6-13-35(45(36)48-42)34-12-5-11-33-32-8-2-4-17-41(32)47-44(33)34/h1-19,25-27,29-30H,20-24H2. The van der Waals surface area contributed by atoms with E-state index in [0.717, 1.165) is 34.8 Å². The minimum atomic E-state index is 0.196. The Morgan fingerprint density at radius 2 is 1.19 bits per heavy atom. The molecule has 2 aromatic heterocycles. The number of hydrogen-bond donors (Lipinski definition) is 0. The van der Waals surface area contributed by atoms with Gasteiger partial charge in [-0.05, 0) is 107 Å². The molecule has 6 aromatic carbocycles. The topological polar surface area (TPSA) is 13.1 Å². The summed E-state index contributed by atoms with van der Waals surface area (Å²) in [4.78, 5) is 0. The van der Waals surface area contributed by atoms with Crippen molar-refractivity contribution in [1.29, 1.82) is 0 Å². The van der Waals surface area contributed by atoms with Gasteiger partial charge in [0.15, 0.2) is 0 Å². The largest absolute Gasteiger partial charge is 0.455 e. The molecule has 0 unspecified atom stereocenters. The highest BCUT2D eigenvalue weighted by molar-refractivity contribution is 7.26. The van der Waals surface area contributed by atoms with Gasteiger partial charge in [0.05, 0.1) is 0 Å². The van der Waals surface area contributed by atoms with Crippen molar-refractivity contribution in [3.63, 3.8) is 0 Å². The van der Waals surface area contributed by atoms with Crippen molar-refractivity contribution in [2.45, 2.75) is 37.5 Å². The molecule has 0 radical (unpaired) electrons. The normalized spacial score (nSPS) is 25.2. The first-order chi connectivity index (χ1) is 23.8. The first kappa shape index (κ1) is 26.3. The van der Waals surface area contributed by atoms with Crippen LogP contribution >= 0.6 is 11.3 Å². The highest BCUT2D eigenvalue weighted by Crippen LogP contribution is 2.70. The minimum Gasteiger partial charge on any atom is -0.455 e. The van der Waals surface area contributed by atoms with Gasteiger partial charge >= 0.3 is 0 Å². The SMILES string of the molecule is c1ccc2c(c1)-c1c(-c3ccc4sc5c(-c6cccc7c6oc6ccccc67)cccc5c4c3)cccc1C21C2CC3CC(C2)CC1C3. The predicted octanol–water partition coefficient (Wildman–Crippen LogP) is 13.0. The zero-order valence-electron chi connectivity index (χ0n) is 26.7. The second-order valence-corrected chi connectivity index (χ2v) is 16.3. The Hall–Kier alpha value is -4.66. The van der Waals surface area contributed by atoms with Gasteiger partial charge in [-0.15, -0.1) is 11.3 Å². The van der Waals surface area contributed by atoms with Crippen LogP contribution in [-0.4, -0.2) is 0 Å². The average Bonchev–Trinajstić information content (AvgIpc) is 3.79. The maximum absolute atomic E-state index is 6.50. The monoisotopic (exact) mass is 634 g/mol. The zero-order valence-corrected chi connectivity index (χ0v) is 27.5. The third-order valence-corrected chi connectivity index (χ3v) is 14.3. The van der Waals surface area contributed by atoms with Gasteiger partial charge in [0.25, 0.3) is 0 Å². The van der Waals surface area contributed by atoms with E-state index in [1.807, 2.05) is 11.3 Å². The lowest BCUT2D eigenvalue weighted by molar-refractivity contribution is -0.0399. The van der Waals surface area contributed by atoms with Gasteiger partial charge in [-0.3, -0.25) is 0 Å². The second-order valence-electron chi connectivity index (χ2n) is 15.2. The highest BCUT2D eigenvalue weighted by Gasteiger charge is 2.61. The summed E-state index contributed by atoms with van der Waals surface area (Å²) >= 11 is 1.91. The Balaban J connectivity index is 1.06. The lowest BCUT2D eigenvalue weighted by Crippen LogP contribution is -2.55. The van der Waals surface area contributed by atoms with Crippen LogP contribution in [-0.2, 0) is 5.41 Å². The smallest absolute Gasteiger partial charge is 0.143 e. The maximum atomic E-state index is 6.50. The summed E-state index contributed by atoms with van der Waals surface area (Å²) in [7, 11) is 0. The Morgan fingerprint density at radius 3 is 2.06 bits per heavy atom. The fourth-order valence-corrected chi connectivity index (χ4v) is 12.8. The van der Waals surface area contributed by atoms with E-state index in [1.165, 1.54) is 96.4 Å². The summed E-state index contributed by atoms with van der Waals surface area (Å²) in [6, 6.07) is 45.8. The summed E-state index contributed by atoms with van der Waals surface area (Å²) < 4.78 is 9.16. The number of benzene rings is 6. The van der Waals surface area contributed by atoms with E-state index in [9.17, 15) is 0 Å². The molecule has 2 heteroatoms. The number of para-hydroxylation sites is 2. The predicted molar refractivity (Wildman–Crippen MR) is 201 cm³/mol. The number of rotatable bonds is 2. The first-order valence-electron chi connectivity index (χ1n) is 17.9. The van der Waals surface area contributed by atoms with Crippen LogP contribution in [0.3, 0.4) is 0 Å². The molecule has 2 heterocycles. The fraction of sp³-hybridized carbons (Fsp3) is 0.217. The van der Waals surface area contributed by atoms with Crippen molar-refractivity contribution in [2.24, 2.45) is 23.7 Å². The van der Waals surface area contributed by atoms with E-state index in [0.29, 0.717) is 0 Å². The molecule has 0 saturated heterocycles. The van der Waals surface area contributed by atoms with Crippen molar-refractivity contribution in [3.05, 3.63) is 132 Å². The van der Waals surface area contributed by atoms with Crippen LogP contribution in [0.5, 0.6) is 0 Å². The Morgan fingerprint density at radius 1 is 0.521 bits per heavy atom. The molecule has 1 nitrogen and oxygen atoms in total. The van der Waals surface area contributed by atoms with Crippen LogP contribution in [0.25, 0.3) is 75.5 Å². The molecule has 0 atom stereocenters. The molecule has 5 aliphatic rings. The van der Waals surface area contributed by atoms with Gasteiger partial charge < -0.3 is 4.42 Å². The number of hydrogen-bond acceptors (Lipinski definition) is 2. The second kappa shape index (κ2) is 9.27. The van der Waals surface area contributed by atoms with E-state index >= 15 is 0 Å². The maximum Gasteiger partial charge on any atom is 0.143 e. The molecule has 0 aliphatic heterocycles. The summed E-state index contributed by atoms with van der Waals surface area (Å²) in [6.07, 6.45) is 7.16. The van der Waals surface area contributed by atoms with Crippen LogP contribution in [0.2, 0.25) is 0 Å². The van der Waals surface area contributed by atoms with Gasteiger partial charge in [-0.25, -0.2) is 0 Å².